The molecule has 1 aromatic carbocycles. The fourth-order valence-electron chi connectivity index (χ4n) is 3.57. The van der Waals surface area contributed by atoms with Crippen molar-refractivity contribution in [1.29, 1.82) is 0 Å². The van der Waals surface area contributed by atoms with Gasteiger partial charge in [-0.25, -0.2) is 19.2 Å². The molecular formula is C22H24FN7O2. The third-order valence-corrected chi connectivity index (χ3v) is 5.27. The lowest BCUT2D eigenvalue weighted by Gasteiger charge is -2.10. The predicted molar refractivity (Wildman–Crippen MR) is 118 cm³/mol. The highest BCUT2D eigenvalue weighted by Gasteiger charge is 2.24. The Morgan fingerprint density at radius 1 is 1.31 bits per heavy atom. The second kappa shape index (κ2) is 7.77. The summed E-state index contributed by atoms with van der Waals surface area (Å²) in [7, 11) is 1.91. The number of carbonyl (C=O) groups is 1. The quantitative estimate of drug-likeness (QED) is 0.478. The summed E-state index contributed by atoms with van der Waals surface area (Å²) >= 11 is 0. The van der Waals surface area contributed by atoms with Crippen molar-refractivity contribution in [3.8, 4) is 11.3 Å². The molecule has 0 atom stereocenters. The standard InChI is InChI=1S/C22H24FN7O2/c1-12(2)32-22(31)24-10-14-8-13(4-7-16(14)23)17-9-18-27-20(26-15-5-6-15)19-21(30(18)28-17)29(3)11-25-19/h4,7-9,11-12,15H,5-6,10H2,1-3H3,(H,24,31)(H,26,27). The normalized spacial score (nSPS) is 13.8. The smallest absolute Gasteiger partial charge is 0.407 e. The number of carbonyl (C=O) groups excluding carboxylic acids is 1. The van der Waals surface area contributed by atoms with Crippen LogP contribution in [0.15, 0.2) is 30.6 Å². The van der Waals surface area contributed by atoms with Gasteiger partial charge in [-0.1, -0.05) is 0 Å². The van der Waals surface area contributed by atoms with Gasteiger partial charge in [0.15, 0.2) is 22.6 Å². The Morgan fingerprint density at radius 2 is 2.12 bits per heavy atom. The molecule has 4 aromatic rings. The summed E-state index contributed by atoms with van der Waals surface area (Å²) in [4.78, 5) is 21.0. The third-order valence-electron chi connectivity index (χ3n) is 5.27. The van der Waals surface area contributed by atoms with E-state index in [0.717, 1.165) is 35.4 Å². The molecule has 1 aliphatic rings. The number of fused-ring (bicyclic) bond motifs is 3. The topological polar surface area (TPSA) is 98.4 Å². The van der Waals surface area contributed by atoms with E-state index < -0.39 is 11.9 Å². The molecule has 32 heavy (non-hydrogen) atoms. The van der Waals surface area contributed by atoms with E-state index in [0.29, 0.717) is 22.9 Å². The first-order valence-electron chi connectivity index (χ1n) is 10.6. The summed E-state index contributed by atoms with van der Waals surface area (Å²) in [6.07, 6.45) is 3.16. The van der Waals surface area contributed by atoms with Crippen molar-refractivity contribution in [3.63, 3.8) is 0 Å². The highest BCUT2D eigenvalue weighted by molar-refractivity contribution is 5.86. The second-order valence-corrected chi connectivity index (χ2v) is 8.32. The van der Waals surface area contributed by atoms with Gasteiger partial charge in [-0.2, -0.15) is 9.61 Å². The molecule has 0 radical (unpaired) electrons. The van der Waals surface area contributed by atoms with E-state index in [2.05, 4.69) is 15.6 Å². The summed E-state index contributed by atoms with van der Waals surface area (Å²) in [6.45, 7) is 3.52. The molecule has 10 heteroatoms. The number of hydrogen-bond donors (Lipinski definition) is 2. The molecule has 0 bridgehead atoms. The molecule has 1 amide bonds. The minimum absolute atomic E-state index is 0.0122. The number of ether oxygens (including phenoxy) is 1. The Morgan fingerprint density at radius 3 is 2.88 bits per heavy atom. The molecule has 1 saturated carbocycles. The Labute approximate surface area is 183 Å². The van der Waals surface area contributed by atoms with E-state index in [1.165, 1.54) is 6.07 Å². The lowest BCUT2D eigenvalue weighted by molar-refractivity contribution is 0.115. The zero-order valence-electron chi connectivity index (χ0n) is 18.1. The van der Waals surface area contributed by atoms with Crippen LogP contribution in [-0.4, -0.2) is 42.4 Å². The van der Waals surface area contributed by atoms with Crippen LogP contribution in [0.1, 0.15) is 32.3 Å². The maximum absolute atomic E-state index is 14.4. The number of alkyl carbamates (subject to hydrolysis) is 1. The highest BCUT2D eigenvalue weighted by atomic mass is 19.1. The summed E-state index contributed by atoms with van der Waals surface area (Å²) in [5.41, 5.74) is 3.96. The number of aromatic nitrogens is 5. The van der Waals surface area contributed by atoms with E-state index in [1.807, 2.05) is 17.7 Å². The average molecular weight is 437 g/mol. The Kier molecular flexibility index (Phi) is 4.91. The molecule has 1 fully saturated rings. The number of imidazole rings is 1. The molecule has 3 heterocycles. The molecule has 0 unspecified atom stereocenters. The van der Waals surface area contributed by atoms with Gasteiger partial charge in [-0.15, -0.1) is 0 Å². The SMILES string of the molecule is CC(C)OC(=O)NCc1cc(-c2cc3nc(NC4CC4)c4ncn(C)c4n3n2)ccc1F. The zero-order chi connectivity index (χ0) is 22.4. The number of amides is 1. The van der Waals surface area contributed by atoms with E-state index in [4.69, 9.17) is 14.8 Å². The van der Waals surface area contributed by atoms with Gasteiger partial charge in [0.1, 0.15) is 5.82 Å². The number of hydrogen-bond acceptors (Lipinski definition) is 6. The zero-order valence-corrected chi connectivity index (χ0v) is 18.1. The van der Waals surface area contributed by atoms with Crippen molar-refractivity contribution >= 4 is 28.7 Å². The number of aryl methyl sites for hydroxylation is 1. The third kappa shape index (κ3) is 3.83. The van der Waals surface area contributed by atoms with E-state index in [9.17, 15) is 9.18 Å². The van der Waals surface area contributed by atoms with Crippen molar-refractivity contribution in [2.75, 3.05) is 5.32 Å². The van der Waals surface area contributed by atoms with Crippen LogP contribution in [0.4, 0.5) is 15.0 Å². The van der Waals surface area contributed by atoms with Crippen LogP contribution < -0.4 is 10.6 Å². The van der Waals surface area contributed by atoms with Crippen LogP contribution >= 0.6 is 0 Å². The van der Waals surface area contributed by atoms with Crippen LogP contribution in [-0.2, 0) is 18.3 Å². The van der Waals surface area contributed by atoms with Crippen molar-refractivity contribution in [3.05, 3.63) is 42.0 Å². The fraction of sp³-hybridized carbons (Fsp3) is 0.364. The number of halogens is 1. The molecular weight excluding hydrogens is 413 g/mol. The van der Waals surface area contributed by atoms with E-state index >= 15 is 0 Å². The Hall–Kier alpha value is -3.69. The molecule has 166 valence electrons. The summed E-state index contributed by atoms with van der Waals surface area (Å²) in [5, 5.41) is 10.7. The van der Waals surface area contributed by atoms with E-state index in [-0.39, 0.29) is 12.6 Å². The first-order chi connectivity index (χ1) is 15.4. The highest BCUT2D eigenvalue weighted by Crippen LogP contribution is 2.30. The first-order valence-corrected chi connectivity index (χ1v) is 10.6. The average Bonchev–Trinajstić information content (AvgIpc) is 3.32. The number of anilines is 1. The maximum atomic E-state index is 14.4. The largest absolute Gasteiger partial charge is 0.447 e. The maximum Gasteiger partial charge on any atom is 0.407 e. The number of benzene rings is 1. The minimum Gasteiger partial charge on any atom is -0.447 e. The monoisotopic (exact) mass is 437 g/mol. The van der Waals surface area contributed by atoms with Crippen LogP contribution in [0.2, 0.25) is 0 Å². The van der Waals surface area contributed by atoms with Crippen LogP contribution in [0.25, 0.3) is 28.1 Å². The summed E-state index contributed by atoms with van der Waals surface area (Å²) < 4.78 is 23.0. The number of rotatable bonds is 6. The predicted octanol–water partition coefficient (Wildman–Crippen LogP) is 3.63. The van der Waals surface area contributed by atoms with Gasteiger partial charge in [-0.05, 0) is 44.9 Å². The van der Waals surface area contributed by atoms with Crippen LogP contribution in [0.5, 0.6) is 0 Å². The molecule has 3 aromatic heterocycles. The summed E-state index contributed by atoms with van der Waals surface area (Å²) in [5.74, 6) is 0.333. The Bertz CT molecular complexity index is 1320. The lowest BCUT2D eigenvalue weighted by atomic mass is 10.1. The number of nitrogens with zero attached hydrogens (tertiary/aromatic N) is 5. The fourth-order valence-corrected chi connectivity index (χ4v) is 3.57. The molecule has 1 aliphatic carbocycles. The van der Waals surface area contributed by atoms with Crippen molar-refractivity contribution < 1.29 is 13.9 Å². The lowest BCUT2D eigenvalue weighted by Crippen LogP contribution is -2.26. The van der Waals surface area contributed by atoms with Crippen molar-refractivity contribution in [2.24, 2.45) is 7.05 Å². The molecule has 0 saturated heterocycles. The summed E-state index contributed by atoms with van der Waals surface area (Å²) in [6, 6.07) is 7.01. The van der Waals surface area contributed by atoms with Gasteiger partial charge < -0.3 is 19.9 Å². The molecule has 0 spiro atoms. The van der Waals surface area contributed by atoms with Gasteiger partial charge in [-0.3, -0.25) is 0 Å². The van der Waals surface area contributed by atoms with Gasteiger partial charge in [0.05, 0.1) is 18.1 Å². The molecule has 9 nitrogen and oxygen atoms in total. The van der Waals surface area contributed by atoms with Crippen LogP contribution in [0.3, 0.4) is 0 Å². The number of nitrogens with one attached hydrogen (secondary N) is 2. The first kappa shape index (κ1) is 20.2. The van der Waals surface area contributed by atoms with Crippen LogP contribution in [0, 0.1) is 5.82 Å². The molecule has 0 aliphatic heterocycles. The van der Waals surface area contributed by atoms with Crippen molar-refractivity contribution in [1.82, 2.24) is 29.5 Å². The minimum atomic E-state index is -0.587. The molecule has 2 N–H and O–H groups in total. The second-order valence-electron chi connectivity index (χ2n) is 8.32. The molecule has 5 rings (SSSR count). The van der Waals surface area contributed by atoms with Gasteiger partial charge in [0, 0.05) is 36.8 Å². The van der Waals surface area contributed by atoms with Crippen molar-refractivity contribution in [2.45, 2.75) is 45.4 Å². The van der Waals surface area contributed by atoms with Gasteiger partial charge in [0.25, 0.3) is 0 Å². The van der Waals surface area contributed by atoms with Gasteiger partial charge >= 0.3 is 6.09 Å². The Balaban J connectivity index is 1.50. The van der Waals surface area contributed by atoms with E-state index in [1.54, 1.807) is 36.8 Å². The van der Waals surface area contributed by atoms with Gasteiger partial charge in [0.2, 0.25) is 0 Å².